The Morgan fingerprint density at radius 1 is 1.00 bits per heavy atom. The number of nitrogens with zero attached hydrogens (tertiary/aromatic N) is 1. The topological polar surface area (TPSA) is 12.4 Å². The zero-order chi connectivity index (χ0) is 13.7. The van der Waals surface area contributed by atoms with Crippen molar-refractivity contribution in [2.75, 3.05) is 6.54 Å². The highest BCUT2D eigenvalue weighted by atomic mass is 32.1. The summed E-state index contributed by atoms with van der Waals surface area (Å²) in [5, 5.41) is 1.88. The first-order valence-corrected chi connectivity index (χ1v) is 4.65. The first-order chi connectivity index (χ1) is 7.56. The van der Waals surface area contributed by atoms with E-state index in [1.54, 1.807) is 0 Å². The lowest BCUT2D eigenvalue weighted by Gasteiger charge is -2.26. The predicted octanol–water partition coefficient (Wildman–Crippen LogP) is 3.91. The van der Waals surface area contributed by atoms with Crippen molar-refractivity contribution in [3.63, 3.8) is 0 Å². The summed E-state index contributed by atoms with van der Waals surface area (Å²) in [6.45, 7) is -0.130. The number of rotatable bonds is 5. The second kappa shape index (κ2) is 5.68. The second-order valence-electron chi connectivity index (χ2n) is 3.05. The molecule has 0 fully saturated rings. The number of aliphatic imine (C=N–C) groups is 1. The first kappa shape index (κ1) is 16.2. The predicted molar refractivity (Wildman–Crippen MR) is 49.4 cm³/mol. The van der Waals surface area contributed by atoms with Crippen LogP contribution >= 0.6 is 12.2 Å². The molecule has 0 spiro atoms. The molecule has 98 valence electrons. The number of halogens is 7. The molecular weight excluding hydrogens is 275 g/mol. The van der Waals surface area contributed by atoms with Gasteiger partial charge in [-0.15, -0.1) is 0 Å². The zero-order valence-corrected chi connectivity index (χ0v) is 9.02. The van der Waals surface area contributed by atoms with Crippen LogP contribution in [0.15, 0.2) is 4.99 Å². The van der Waals surface area contributed by atoms with Crippen LogP contribution in [0.5, 0.6) is 0 Å². The van der Waals surface area contributed by atoms with Crippen molar-refractivity contribution in [3.8, 4) is 0 Å². The van der Waals surface area contributed by atoms with Crippen LogP contribution < -0.4 is 0 Å². The minimum Gasteiger partial charge on any atom is -0.228 e. The Kier molecular flexibility index (Phi) is 5.41. The molecule has 0 aliphatic heterocycles. The summed E-state index contributed by atoms with van der Waals surface area (Å²) in [7, 11) is 0. The van der Waals surface area contributed by atoms with Crippen LogP contribution in [-0.2, 0) is 0 Å². The molecule has 0 saturated heterocycles. The molecule has 0 aromatic rings. The van der Waals surface area contributed by atoms with Gasteiger partial charge in [-0.2, -0.15) is 26.3 Å². The average Bonchev–Trinajstić information content (AvgIpc) is 2.13. The fourth-order valence-corrected chi connectivity index (χ4v) is 0.986. The maximum atomic E-state index is 13.0. The zero-order valence-electron chi connectivity index (χ0n) is 8.20. The van der Waals surface area contributed by atoms with E-state index in [4.69, 9.17) is 0 Å². The summed E-state index contributed by atoms with van der Waals surface area (Å²) in [6.07, 6.45) is -13.5. The molecule has 1 nitrogen and oxygen atoms in total. The van der Waals surface area contributed by atoms with Crippen molar-refractivity contribution in [2.24, 2.45) is 4.99 Å². The van der Waals surface area contributed by atoms with Crippen LogP contribution in [-0.4, -0.2) is 29.7 Å². The number of alkyl halides is 7. The molecule has 9 heteroatoms. The first-order valence-electron chi connectivity index (χ1n) is 4.24. The Labute approximate surface area is 97.7 Å². The Bertz CT molecular complexity index is 275. The summed E-state index contributed by atoms with van der Waals surface area (Å²) >= 11 is 4.13. The molecule has 0 unspecified atom stereocenters. The van der Waals surface area contributed by atoms with Gasteiger partial charge in [0.15, 0.2) is 0 Å². The van der Waals surface area contributed by atoms with Crippen LogP contribution in [0.1, 0.15) is 12.8 Å². The normalized spacial score (nSPS) is 13.1. The molecular formula is C8H7F7NS+. The Hall–Kier alpha value is -0.820. The summed E-state index contributed by atoms with van der Waals surface area (Å²) < 4.78 is 85.0. The molecule has 0 heterocycles. The Balaban J connectivity index is 4.59. The molecule has 0 aliphatic rings. The van der Waals surface area contributed by atoms with Crippen molar-refractivity contribution in [1.29, 1.82) is 0 Å². The molecule has 0 rings (SSSR count). The van der Waals surface area contributed by atoms with Crippen LogP contribution in [0.3, 0.4) is 0 Å². The molecule has 0 aromatic heterocycles. The van der Waals surface area contributed by atoms with E-state index in [-0.39, 0.29) is 13.0 Å². The van der Waals surface area contributed by atoms with E-state index in [1.807, 2.05) is 5.16 Å². The van der Waals surface area contributed by atoms with Crippen LogP contribution in [0, 0.1) is 6.42 Å². The smallest absolute Gasteiger partial charge is 0.228 e. The van der Waals surface area contributed by atoms with Gasteiger partial charge in [-0.1, -0.05) is 0 Å². The third kappa shape index (κ3) is 4.16. The molecule has 0 aliphatic carbocycles. The monoisotopic (exact) mass is 282 g/mol. The summed E-state index contributed by atoms with van der Waals surface area (Å²) in [6, 6.07) is 0. The minimum absolute atomic E-state index is 0.130. The van der Waals surface area contributed by atoms with Crippen LogP contribution in [0.2, 0.25) is 0 Å². The third-order valence-electron chi connectivity index (χ3n) is 1.83. The van der Waals surface area contributed by atoms with Gasteiger partial charge < -0.3 is 0 Å². The quantitative estimate of drug-likeness (QED) is 0.245. The van der Waals surface area contributed by atoms with Crippen molar-refractivity contribution in [3.05, 3.63) is 6.42 Å². The van der Waals surface area contributed by atoms with Gasteiger partial charge in [0.25, 0.3) is 0 Å². The standard InChI is InChI=1S/C8H7F7NS/c9-6(7(10,11)12,8(13,14)15)3-1-2-4-16-5-17/h1H,2-4H2/q+1. The van der Waals surface area contributed by atoms with Gasteiger partial charge in [0, 0.05) is 0 Å². The van der Waals surface area contributed by atoms with E-state index in [0.29, 0.717) is 6.42 Å². The summed E-state index contributed by atoms with van der Waals surface area (Å²) in [5.74, 6) is 0. The number of unbranched alkanes of at least 4 members (excludes halogenated alkanes) is 1. The van der Waals surface area contributed by atoms with Gasteiger partial charge in [0.2, 0.25) is 0 Å². The fraction of sp³-hybridized carbons (Fsp3) is 0.750. The van der Waals surface area contributed by atoms with Gasteiger partial charge in [-0.05, 0) is 12.2 Å². The Morgan fingerprint density at radius 3 is 1.82 bits per heavy atom. The van der Waals surface area contributed by atoms with Crippen LogP contribution in [0.25, 0.3) is 0 Å². The molecule has 0 saturated carbocycles. The second-order valence-corrected chi connectivity index (χ2v) is 3.23. The molecule has 0 bridgehead atoms. The van der Waals surface area contributed by atoms with Gasteiger partial charge in [-0.3, -0.25) is 0 Å². The maximum absolute atomic E-state index is 13.0. The van der Waals surface area contributed by atoms with E-state index in [0.717, 1.165) is 0 Å². The van der Waals surface area contributed by atoms with Crippen molar-refractivity contribution in [2.45, 2.75) is 30.9 Å². The Morgan fingerprint density at radius 2 is 1.47 bits per heavy atom. The molecule has 0 N–H and O–H groups in total. The lowest BCUT2D eigenvalue weighted by atomic mass is 9.97. The van der Waals surface area contributed by atoms with Crippen molar-refractivity contribution >= 4 is 17.4 Å². The highest BCUT2D eigenvalue weighted by molar-refractivity contribution is 7.78. The molecule has 0 radical (unpaired) electrons. The van der Waals surface area contributed by atoms with E-state index in [1.165, 1.54) is 0 Å². The number of hydrogen-bond acceptors (Lipinski definition) is 2. The lowest BCUT2D eigenvalue weighted by molar-refractivity contribution is -0.341. The average molecular weight is 282 g/mol. The van der Waals surface area contributed by atoms with Gasteiger partial charge in [-0.25, -0.2) is 9.38 Å². The third-order valence-corrected chi connectivity index (χ3v) is 1.96. The summed E-state index contributed by atoms with van der Waals surface area (Å²) in [5.41, 5.74) is -5.22. The van der Waals surface area contributed by atoms with Gasteiger partial charge >= 0.3 is 18.0 Å². The van der Waals surface area contributed by atoms with Crippen LogP contribution in [0.4, 0.5) is 30.7 Å². The molecule has 0 aromatic carbocycles. The van der Waals surface area contributed by atoms with E-state index in [2.05, 4.69) is 17.2 Å². The maximum Gasteiger partial charge on any atom is 0.435 e. The highest BCUT2D eigenvalue weighted by Gasteiger charge is 2.74. The van der Waals surface area contributed by atoms with Gasteiger partial charge in [0.05, 0.1) is 18.1 Å². The minimum atomic E-state index is -6.00. The number of hydrogen-bond donors (Lipinski definition) is 0. The van der Waals surface area contributed by atoms with Gasteiger partial charge in [0.1, 0.15) is 12.8 Å². The molecule has 0 amide bonds. The van der Waals surface area contributed by atoms with E-state index >= 15 is 0 Å². The molecule has 17 heavy (non-hydrogen) atoms. The van der Waals surface area contributed by atoms with Crippen molar-refractivity contribution < 1.29 is 30.7 Å². The van der Waals surface area contributed by atoms with E-state index < -0.39 is 24.4 Å². The summed E-state index contributed by atoms with van der Waals surface area (Å²) in [4.78, 5) is 3.26. The molecule has 0 atom stereocenters. The number of isothiocyanates is 1. The van der Waals surface area contributed by atoms with Crippen molar-refractivity contribution in [1.82, 2.24) is 0 Å². The lowest BCUT2D eigenvalue weighted by Crippen LogP contribution is -2.53. The SMILES string of the molecule is FC(F)(F)C(F)(C[CH+]CCN=C=S)C(F)(F)F. The largest absolute Gasteiger partial charge is 0.435 e. The number of thiocarbonyl (C=S) groups is 1. The van der Waals surface area contributed by atoms with E-state index in [9.17, 15) is 30.7 Å². The fourth-order valence-electron chi connectivity index (χ4n) is 0.895. The highest BCUT2D eigenvalue weighted by Crippen LogP contribution is 2.48.